The van der Waals surface area contributed by atoms with Crippen LogP contribution in [0.15, 0.2) is 42.5 Å². The van der Waals surface area contributed by atoms with E-state index >= 15 is 0 Å². The molecule has 2 aliphatic heterocycles. The number of likely N-dealkylation sites (tertiary alicyclic amines) is 1. The Balaban J connectivity index is 1.71. The van der Waals surface area contributed by atoms with Crippen molar-refractivity contribution in [3.8, 4) is 17.2 Å². The number of amides is 3. The topological polar surface area (TPSA) is 80.3 Å². The summed E-state index contributed by atoms with van der Waals surface area (Å²) in [7, 11) is 5.12. The standard InChI is InChI=1S/C23H27N3O5/c1-5-31-17-8-6-16(7-9-17)26-21(27)23(24-22(26)28)14-25(2)13-20(23)15-10-18(29-3)12-19(11-15)30-4/h6-12,20H,5,13-14H2,1-4H3,(H,24,28)/t20-,23+/m1/s1. The molecule has 0 unspecified atom stereocenters. The quantitative estimate of drug-likeness (QED) is 0.717. The van der Waals surface area contributed by atoms with Crippen molar-refractivity contribution >= 4 is 17.6 Å². The molecule has 8 heteroatoms. The van der Waals surface area contributed by atoms with Gasteiger partial charge in [-0.3, -0.25) is 4.79 Å². The Labute approximate surface area is 181 Å². The highest BCUT2D eigenvalue weighted by atomic mass is 16.5. The predicted octanol–water partition coefficient (Wildman–Crippen LogP) is 2.63. The number of carbonyl (C=O) groups is 2. The molecule has 2 atom stereocenters. The second-order valence-corrected chi connectivity index (χ2v) is 7.86. The lowest BCUT2D eigenvalue weighted by Gasteiger charge is -2.28. The van der Waals surface area contributed by atoms with Crippen LogP contribution in [-0.2, 0) is 4.79 Å². The van der Waals surface area contributed by atoms with E-state index in [0.717, 1.165) is 5.56 Å². The first-order chi connectivity index (χ1) is 14.9. The number of hydrogen-bond donors (Lipinski definition) is 1. The molecular formula is C23H27N3O5. The number of nitrogens with one attached hydrogen (secondary N) is 1. The molecule has 1 spiro atoms. The van der Waals surface area contributed by atoms with E-state index in [1.54, 1.807) is 44.6 Å². The van der Waals surface area contributed by atoms with E-state index in [1.807, 2.05) is 26.1 Å². The molecule has 4 rings (SSSR count). The van der Waals surface area contributed by atoms with Crippen molar-refractivity contribution in [2.75, 3.05) is 45.9 Å². The van der Waals surface area contributed by atoms with E-state index in [9.17, 15) is 9.59 Å². The van der Waals surface area contributed by atoms with E-state index in [2.05, 4.69) is 10.2 Å². The summed E-state index contributed by atoms with van der Waals surface area (Å²) in [4.78, 5) is 30.0. The zero-order valence-corrected chi connectivity index (χ0v) is 18.2. The van der Waals surface area contributed by atoms with Gasteiger partial charge in [-0.05, 0) is 55.9 Å². The molecule has 2 heterocycles. The Morgan fingerprint density at radius 2 is 1.68 bits per heavy atom. The highest BCUT2D eigenvalue weighted by Gasteiger charge is 2.60. The first-order valence-corrected chi connectivity index (χ1v) is 10.2. The largest absolute Gasteiger partial charge is 0.497 e. The molecule has 3 amide bonds. The van der Waals surface area contributed by atoms with Gasteiger partial charge in [0.1, 0.15) is 22.8 Å². The smallest absolute Gasteiger partial charge is 0.329 e. The Morgan fingerprint density at radius 1 is 1.03 bits per heavy atom. The summed E-state index contributed by atoms with van der Waals surface area (Å²) in [6, 6.07) is 12.1. The molecule has 0 saturated carbocycles. The van der Waals surface area contributed by atoms with E-state index in [-0.39, 0.29) is 11.8 Å². The van der Waals surface area contributed by atoms with Gasteiger partial charge in [0, 0.05) is 25.1 Å². The number of urea groups is 1. The van der Waals surface area contributed by atoms with Crippen molar-refractivity contribution in [3.05, 3.63) is 48.0 Å². The summed E-state index contributed by atoms with van der Waals surface area (Å²) in [5.74, 6) is 1.44. The fourth-order valence-corrected chi connectivity index (χ4v) is 4.52. The van der Waals surface area contributed by atoms with Gasteiger partial charge < -0.3 is 24.4 Å². The molecule has 8 nitrogen and oxygen atoms in total. The van der Waals surface area contributed by atoms with Gasteiger partial charge in [-0.25, -0.2) is 9.69 Å². The van der Waals surface area contributed by atoms with Crippen LogP contribution in [0.5, 0.6) is 17.2 Å². The van der Waals surface area contributed by atoms with Gasteiger partial charge in [0.05, 0.1) is 26.5 Å². The van der Waals surface area contributed by atoms with E-state index in [4.69, 9.17) is 14.2 Å². The van der Waals surface area contributed by atoms with Crippen molar-refractivity contribution in [2.24, 2.45) is 0 Å². The maximum absolute atomic E-state index is 13.7. The minimum absolute atomic E-state index is 0.259. The number of ether oxygens (including phenoxy) is 3. The lowest BCUT2D eigenvalue weighted by Crippen LogP contribution is -2.52. The number of hydrogen-bond acceptors (Lipinski definition) is 6. The van der Waals surface area contributed by atoms with Crippen LogP contribution in [0.4, 0.5) is 10.5 Å². The van der Waals surface area contributed by atoms with E-state index < -0.39 is 11.6 Å². The maximum Gasteiger partial charge on any atom is 0.329 e. The summed E-state index contributed by atoms with van der Waals surface area (Å²) in [6.45, 7) is 3.47. The van der Waals surface area contributed by atoms with Crippen LogP contribution in [0.25, 0.3) is 0 Å². The molecule has 2 aromatic carbocycles. The molecule has 2 aromatic rings. The Morgan fingerprint density at radius 3 is 2.26 bits per heavy atom. The predicted molar refractivity (Wildman–Crippen MR) is 116 cm³/mol. The summed E-state index contributed by atoms with van der Waals surface area (Å²) >= 11 is 0. The lowest BCUT2D eigenvalue weighted by atomic mass is 9.81. The SMILES string of the molecule is CCOc1ccc(N2C(=O)N[C@]3(CN(C)C[C@@H]3c3cc(OC)cc(OC)c3)C2=O)cc1. The van der Waals surface area contributed by atoms with Crippen molar-refractivity contribution in [1.82, 2.24) is 10.2 Å². The van der Waals surface area contributed by atoms with Crippen molar-refractivity contribution in [3.63, 3.8) is 0 Å². The zero-order chi connectivity index (χ0) is 22.2. The summed E-state index contributed by atoms with van der Waals surface area (Å²) < 4.78 is 16.3. The first kappa shape index (κ1) is 21.0. The third kappa shape index (κ3) is 3.57. The highest BCUT2D eigenvalue weighted by molar-refractivity contribution is 6.24. The molecule has 0 radical (unpaired) electrons. The molecule has 2 saturated heterocycles. The molecule has 0 aliphatic carbocycles. The molecule has 164 valence electrons. The Bertz CT molecular complexity index is 971. The third-order valence-electron chi connectivity index (χ3n) is 5.91. The number of likely N-dealkylation sites (N-methyl/N-ethyl adjacent to an activating group) is 1. The first-order valence-electron chi connectivity index (χ1n) is 10.2. The maximum atomic E-state index is 13.7. The average Bonchev–Trinajstić information content (AvgIpc) is 3.23. The van der Waals surface area contributed by atoms with E-state index in [0.29, 0.717) is 42.6 Å². The Kier molecular flexibility index (Phi) is 5.49. The van der Waals surface area contributed by atoms with E-state index in [1.165, 1.54) is 4.90 Å². The van der Waals surface area contributed by atoms with Gasteiger partial charge >= 0.3 is 6.03 Å². The monoisotopic (exact) mass is 425 g/mol. The van der Waals surface area contributed by atoms with Gasteiger partial charge in [-0.2, -0.15) is 0 Å². The fourth-order valence-electron chi connectivity index (χ4n) is 4.52. The number of nitrogens with zero attached hydrogens (tertiary/aromatic N) is 2. The van der Waals surface area contributed by atoms with Crippen LogP contribution < -0.4 is 24.4 Å². The molecule has 1 N–H and O–H groups in total. The normalized spacial score (nSPS) is 23.4. The second-order valence-electron chi connectivity index (χ2n) is 7.86. The fraction of sp³-hybridized carbons (Fsp3) is 0.391. The number of carbonyl (C=O) groups excluding carboxylic acids is 2. The van der Waals surface area contributed by atoms with Crippen LogP contribution in [0.2, 0.25) is 0 Å². The molecule has 2 fully saturated rings. The van der Waals surface area contributed by atoms with Crippen LogP contribution in [0.1, 0.15) is 18.4 Å². The summed E-state index contributed by atoms with van der Waals surface area (Å²) in [6.07, 6.45) is 0. The van der Waals surface area contributed by atoms with Crippen LogP contribution in [0.3, 0.4) is 0 Å². The highest BCUT2D eigenvalue weighted by Crippen LogP contribution is 2.43. The number of rotatable bonds is 6. The van der Waals surface area contributed by atoms with Crippen molar-refractivity contribution < 1.29 is 23.8 Å². The van der Waals surface area contributed by atoms with Crippen LogP contribution in [0, 0.1) is 0 Å². The minimum atomic E-state index is -1.07. The number of imide groups is 1. The minimum Gasteiger partial charge on any atom is -0.497 e. The molecule has 0 aromatic heterocycles. The average molecular weight is 425 g/mol. The van der Waals surface area contributed by atoms with Gasteiger partial charge in [0.2, 0.25) is 0 Å². The number of benzene rings is 2. The lowest BCUT2D eigenvalue weighted by molar-refractivity contribution is -0.122. The molecule has 2 aliphatic rings. The summed E-state index contributed by atoms with van der Waals surface area (Å²) in [5, 5.41) is 3.00. The van der Waals surface area contributed by atoms with Gasteiger partial charge in [-0.15, -0.1) is 0 Å². The molecular weight excluding hydrogens is 398 g/mol. The van der Waals surface area contributed by atoms with Gasteiger partial charge in [-0.1, -0.05) is 0 Å². The number of anilines is 1. The van der Waals surface area contributed by atoms with Crippen molar-refractivity contribution in [1.29, 1.82) is 0 Å². The second kappa shape index (κ2) is 8.11. The molecule has 31 heavy (non-hydrogen) atoms. The van der Waals surface area contributed by atoms with Crippen LogP contribution in [-0.4, -0.2) is 63.3 Å². The van der Waals surface area contributed by atoms with Crippen LogP contribution >= 0.6 is 0 Å². The number of methoxy groups -OCH3 is 2. The van der Waals surface area contributed by atoms with Gasteiger partial charge in [0.25, 0.3) is 5.91 Å². The third-order valence-corrected chi connectivity index (χ3v) is 5.91. The van der Waals surface area contributed by atoms with Crippen molar-refractivity contribution in [2.45, 2.75) is 18.4 Å². The molecule has 0 bridgehead atoms. The van der Waals surface area contributed by atoms with Gasteiger partial charge in [0.15, 0.2) is 0 Å². The summed E-state index contributed by atoms with van der Waals surface area (Å²) in [5.41, 5.74) is 0.323. The zero-order valence-electron chi connectivity index (χ0n) is 18.2. The Hall–Kier alpha value is -3.26.